The number of azide groups is 1. The maximum absolute atomic E-state index is 12.6. The van der Waals surface area contributed by atoms with Crippen LogP contribution in [0.25, 0.3) is 32.2 Å². The van der Waals surface area contributed by atoms with Crippen LogP contribution in [0.2, 0.25) is 0 Å². The smallest absolute Gasteiger partial charge is 0.336 e. The zero-order valence-electron chi connectivity index (χ0n) is 19.5. The van der Waals surface area contributed by atoms with Gasteiger partial charge in [0.25, 0.3) is 0 Å². The summed E-state index contributed by atoms with van der Waals surface area (Å²) < 4.78 is 0. The minimum atomic E-state index is -0.440. The lowest BCUT2D eigenvalue weighted by atomic mass is 10.1. The molecule has 9 heteroatoms. The molecule has 1 N–H and O–H groups in total. The highest BCUT2D eigenvalue weighted by molar-refractivity contribution is 6.08. The molecule has 0 saturated carbocycles. The van der Waals surface area contributed by atoms with Gasteiger partial charge in [-0.25, -0.2) is 15.3 Å². The lowest BCUT2D eigenvalue weighted by Crippen LogP contribution is -2.14. The molecule has 0 unspecified atom stereocenters. The van der Waals surface area contributed by atoms with E-state index in [9.17, 15) is 4.79 Å². The number of rotatable bonds is 7. The van der Waals surface area contributed by atoms with E-state index in [0.29, 0.717) is 11.4 Å². The van der Waals surface area contributed by atoms with Crippen molar-refractivity contribution in [3.8, 4) is 0 Å². The number of hydrogen-bond acceptors (Lipinski definition) is 7. The van der Waals surface area contributed by atoms with Crippen molar-refractivity contribution in [1.82, 2.24) is 4.98 Å². The van der Waals surface area contributed by atoms with Gasteiger partial charge in [-0.1, -0.05) is 29.4 Å². The highest BCUT2D eigenvalue weighted by atomic mass is 16.7. The highest BCUT2D eigenvalue weighted by Crippen LogP contribution is 2.34. The predicted octanol–water partition coefficient (Wildman–Crippen LogP) is 5.57. The molecule has 0 spiro atoms. The zero-order chi connectivity index (χ0) is 24.2. The van der Waals surface area contributed by atoms with Crippen LogP contribution in [0.4, 0.5) is 22.7 Å². The molecule has 9 nitrogen and oxygen atoms in total. The van der Waals surface area contributed by atoms with Crippen LogP contribution in [0.1, 0.15) is 5.56 Å². The number of nitrogens with one attached hydrogen (secondary N) is 1. The first-order valence-electron chi connectivity index (χ1n) is 10.7. The summed E-state index contributed by atoms with van der Waals surface area (Å²) in [7, 11) is 7.91. The molecule has 0 aliphatic rings. The van der Waals surface area contributed by atoms with Gasteiger partial charge in [-0.15, -0.1) is 0 Å². The summed E-state index contributed by atoms with van der Waals surface area (Å²) in [6, 6.07) is 18.7. The van der Waals surface area contributed by atoms with E-state index in [2.05, 4.69) is 15.5 Å². The Bertz CT molecular complexity index is 1340. The molecule has 0 radical (unpaired) electrons. The van der Waals surface area contributed by atoms with Gasteiger partial charge in [-0.2, -0.15) is 0 Å². The normalized spacial score (nSPS) is 10.6. The van der Waals surface area contributed by atoms with Gasteiger partial charge >= 0.3 is 5.97 Å². The van der Waals surface area contributed by atoms with Crippen LogP contribution in [0.15, 0.2) is 65.8 Å². The minimum absolute atomic E-state index is 0.0695. The number of fused-ring (bicyclic) bond motifs is 2. The first-order valence-corrected chi connectivity index (χ1v) is 10.7. The van der Waals surface area contributed by atoms with E-state index >= 15 is 0 Å². The number of aromatic nitrogens is 1. The first-order chi connectivity index (χ1) is 16.4. The molecule has 0 aliphatic heterocycles. The van der Waals surface area contributed by atoms with Gasteiger partial charge in [-0.3, -0.25) is 0 Å². The zero-order valence-corrected chi connectivity index (χ0v) is 19.5. The van der Waals surface area contributed by atoms with E-state index in [0.717, 1.165) is 38.7 Å². The molecule has 172 valence electrons. The molecule has 0 saturated heterocycles. The van der Waals surface area contributed by atoms with E-state index in [1.165, 1.54) is 0 Å². The van der Waals surface area contributed by atoms with Crippen molar-refractivity contribution in [3.05, 3.63) is 76.7 Å². The molecular formula is C25H25N7O2. The predicted molar refractivity (Wildman–Crippen MR) is 137 cm³/mol. The van der Waals surface area contributed by atoms with Crippen LogP contribution in [-0.4, -0.2) is 39.1 Å². The summed E-state index contributed by atoms with van der Waals surface area (Å²) >= 11 is 0. The maximum atomic E-state index is 12.6. The van der Waals surface area contributed by atoms with Crippen LogP contribution >= 0.6 is 0 Å². The Labute approximate surface area is 197 Å². The summed E-state index contributed by atoms with van der Waals surface area (Å²) in [6.45, 7) is 0. The summed E-state index contributed by atoms with van der Waals surface area (Å²) in [5.74, 6) is -0.440. The molecule has 4 rings (SSSR count). The Balaban J connectivity index is 1.66. The highest BCUT2D eigenvalue weighted by Gasteiger charge is 2.14. The van der Waals surface area contributed by atoms with Crippen molar-refractivity contribution in [2.75, 3.05) is 43.5 Å². The standard InChI is InChI=1S/C25H25N7O2/c1-31(2)18-9-11-20-22(14-18)27-23-15-19(32(3)4)10-12-21(23)25(20)29-34-24(33)13-16-5-7-17(8-6-16)28-30-26/h5-12,14-15H,13H2,1-4H3,(H,27,29). The number of benzene rings is 3. The summed E-state index contributed by atoms with van der Waals surface area (Å²) in [5.41, 5.74) is 17.0. The third-order valence-electron chi connectivity index (χ3n) is 5.49. The van der Waals surface area contributed by atoms with Gasteiger partial charge in [0.2, 0.25) is 0 Å². The van der Waals surface area contributed by atoms with E-state index in [1.54, 1.807) is 24.3 Å². The Morgan fingerprint density at radius 1 is 0.941 bits per heavy atom. The number of nitrogens with zero attached hydrogens (tertiary/aromatic N) is 6. The fourth-order valence-corrected chi connectivity index (χ4v) is 3.63. The van der Waals surface area contributed by atoms with Crippen molar-refractivity contribution >= 4 is 50.5 Å². The average molecular weight is 456 g/mol. The van der Waals surface area contributed by atoms with Gasteiger partial charge in [0, 0.05) is 60.9 Å². The maximum Gasteiger partial charge on any atom is 0.336 e. The number of hydrogen-bond donors (Lipinski definition) is 1. The molecule has 0 amide bonds. The van der Waals surface area contributed by atoms with E-state index in [4.69, 9.17) is 15.4 Å². The van der Waals surface area contributed by atoms with Crippen LogP contribution in [0.5, 0.6) is 0 Å². The monoisotopic (exact) mass is 455 g/mol. The lowest BCUT2D eigenvalue weighted by molar-refractivity contribution is -0.139. The SMILES string of the molecule is CN(C)c1ccc2c(NOC(=O)Cc3ccc(N=[N+]=[N-])cc3)c3ccc(N(C)C)cc3nc2c1. The van der Waals surface area contributed by atoms with Crippen molar-refractivity contribution < 1.29 is 9.63 Å². The van der Waals surface area contributed by atoms with Crippen LogP contribution < -0.4 is 15.3 Å². The first kappa shape index (κ1) is 22.7. The lowest BCUT2D eigenvalue weighted by Gasteiger charge is -2.18. The summed E-state index contributed by atoms with van der Waals surface area (Å²) in [5, 5.41) is 5.23. The second-order valence-corrected chi connectivity index (χ2v) is 8.29. The second kappa shape index (κ2) is 9.56. The third kappa shape index (κ3) is 4.79. The fourth-order valence-electron chi connectivity index (χ4n) is 3.63. The largest absolute Gasteiger partial charge is 0.378 e. The third-order valence-corrected chi connectivity index (χ3v) is 5.49. The van der Waals surface area contributed by atoms with Crippen molar-refractivity contribution in [3.63, 3.8) is 0 Å². The number of carbonyl (C=O) groups excluding carboxylic acids is 1. The Kier molecular flexibility index (Phi) is 6.38. The van der Waals surface area contributed by atoms with Gasteiger partial charge in [-0.05, 0) is 47.5 Å². The van der Waals surface area contributed by atoms with Crippen LogP contribution in [0.3, 0.4) is 0 Å². The topological polar surface area (TPSA) is 106 Å². The molecular weight excluding hydrogens is 430 g/mol. The molecule has 0 bridgehead atoms. The van der Waals surface area contributed by atoms with E-state index in [1.807, 2.05) is 74.4 Å². The molecule has 34 heavy (non-hydrogen) atoms. The number of anilines is 3. The van der Waals surface area contributed by atoms with Crippen molar-refractivity contribution in [2.45, 2.75) is 6.42 Å². The number of pyridine rings is 1. The fraction of sp³-hybridized carbons (Fsp3) is 0.200. The molecule has 0 aliphatic carbocycles. The molecule has 1 aromatic heterocycles. The molecule has 0 fully saturated rings. The Hall–Kier alpha value is -4.49. The number of carbonyl (C=O) groups is 1. The van der Waals surface area contributed by atoms with Crippen LogP contribution in [-0.2, 0) is 16.1 Å². The average Bonchev–Trinajstić information content (AvgIpc) is 2.82. The Morgan fingerprint density at radius 2 is 1.50 bits per heavy atom. The quantitative estimate of drug-likeness (QED) is 0.128. The molecule has 3 aromatic carbocycles. The van der Waals surface area contributed by atoms with Crippen molar-refractivity contribution in [2.24, 2.45) is 5.11 Å². The summed E-state index contributed by atoms with van der Waals surface area (Å²) in [4.78, 5) is 29.7. The van der Waals surface area contributed by atoms with Gasteiger partial charge in [0.15, 0.2) is 0 Å². The van der Waals surface area contributed by atoms with Crippen molar-refractivity contribution in [1.29, 1.82) is 0 Å². The van der Waals surface area contributed by atoms with E-state index in [-0.39, 0.29) is 6.42 Å². The second-order valence-electron chi connectivity index (χ2n) is 8.29. The van der Waals surface area contributed by atoms with Gasteiger partial charge in [0.05, 0.1) is 23.1 Å². The van der Waals surface area contributed by atoms with Crippen LogP contribution in [0, 0.1) is 0 Å². The molecule has 4 aromatic rings. The Morgan fingerprint density at radius 3 is 2.00 bits per heavy atom. The van der Waals surface area contributed by atoms with Gasteiger partial charge in [0.1, 0.15) is 0 Å². The molecule has 0 atom stereocenters. The van der Waals surface area contributed by atoms with E-state index < -0.39 is 5.97 Å². The van der Waals surface area contributed by atoms with Gasteiger partial charge < -0.3 is 14.6 Å². The minimum Gasteiger partial charge on any atom is -0.378 e. The molecule has 1 heterocycles. The summed E-state index contributed by atoms with van der Waals surface area (Å²) in [6.07, 6.45) is 0.0695.